The number of nitrogens with one attached hydrogen (secondary N) is 1. The molecule has 14 heteroatoms. The topological polar surface area (TPSA) is 130 Å². The summed E-state index contributed by atoms with van der Waals surface area (Å²) in [6, 6.07) is 8.08. The number of carbonyl (C=O) groups excluding carboxylic acids is 2. The molecule has 0 aliphatic heterocycles. The molecule has 0 radical (unpaired) electrons. The molecule has 1 aromatic carbocycles. The van der Waals surface area contributed by atoms with Crippen molar-refractivity contribution in [2.75, 3.05) is 5.32 Å². The number of hydrogen-bond acceptors (Lipinski definition) is 7. The van der Waals surface area contributed by atoms with Gasteiger partial charge in [0.2, 0.25) is 0 Å². The molecule has 5 rings (SSSR count). The number of aryl methyl sites for hydroxylation is 3. The van der Waals surface area contributed by atoms with Crippen molar-refractivity contribution in [3.05, 3.63) is 75.8 Å². The van der Waals surface area contributed by atoms with Gasteiger partial charge in [-0.15, -0.1) is 11.3 Å². The summed E-state index contributed by atoms with van der Waals surface area (Å²) < 4.78 is 50.0. The molecular weight excluding hydrogens is 559 g/mol. The minimum atomic E-state index is -4.76. The van der Waals surface area contributed by atoms with E-state index in [1.54, 1.807) is 20.2 Å². The highest BCUT2D eigenvalue weighted by atomic mass is 32.1. The minimum Gasteiger partial charge on any atom is -0.471 e. The molecule has 0 spiro atoms. The molecule has 4 heterocycles. The summed E-state index contributed by atoms with van der Waals surface area (Å²) >= 11 is 0.661. The van der Waals surface area contributed by atoms with E-state index in [0.717, 1.165) is 17.2 Å². The Labute approximate surface area is 235 Å². The molecule has 0 aliphatic rings. The number of halogens is 3. The van der Waals surface area contributed by atoms with Gasteiger partial charge in [-0.05, 0) is 61.7 Å². The number of carbonyl (C=O) groups is 2. The number of nitrogens with two attached hydrogens (primary N) is 1. The number of ether oxygens (including phenoxy) is 1. The van der Waals surface area contributed by atoms with E-state index < -0.39 is 23.7 Å². The van der Waals surface area contributed by atoms with Gasteiger partial charge in [-0.1, -0.05) is 6.07 Å². The average Bonchev–Trinajstić information content (AvgIpc) is 3.59. The van der Waals surface area contributed by atoms with Crippen molar-refractivity contribution in [1.82, 2.24) is 24.5 Å². The Kier molecular flexibility index (Phi) is 7.03. The molecule has 0 fully saturated rings. The van der Waals surface area contributed by atoms with E-state index in [1.165, 1.54) is 21.6 Å². The number of alkyl halides is 3. The standard InChI is InChI=1S/C27H24F3N7O3S/c1-13-7-14(2)9-16(8-13)40-12-37-6-5-19(35-37)25(39)34-22-21-17(18-11-32-36(4)15(18)3)10-20(27(28,29)30)33-26(21)41-23(22)24(31)38/h5-11H,12H2,1-4H3,(H2,31,38)(H,34,39). The first-order valence-corrected chi connectivity index (χ1v) is 13.0. The third kappa shape index (κ3) is 5.50. The van der Waals surface area contributed by atoms with Crippen molar-refractivity contribution >= 4 is 39.1 Å². The highest BCUT2D eigenvalue weighted by Gasteiger charge is 2.35. The van der Waals surface area contributed by atoms with E-state index in [9.17, 15) is 22.8 Å². The quantitative estimate of drug-likeness (QED) is 0.270. The third-order valence-electron chi connectivity index (χ3n) is 6.37. The molecule has 212 valence electrons. The lowest BCUT2D eigenvalue weighted by atomic mass is 10.0. The molecule has 10 nitrogen and oxygen atoms in total. The van der Waals surface area contributed by atoms with E-state index in [2.05, 4.69) is 20.5 Å². The maximum absolute atomic E-state index is 13.8. The summed E-state index contributed by atoms with van der Waals surface area (Å²) in [5, 5.41) is 11.1. The van der Waals surface area contributed by atoms with Crippen LogP contribution in [0, 0.1) is 20.8 Å². The van der Waals surface area contributed by atoms with Crippen LogP contribution in [0.15, 0.2) is 42.7 Å². The van der Waals surface area contributed by atoms with Crippen LogP contribution in [-0.4, -0.2) is 36.4 Å². The van der Waals surface area contributed by atoms with Crippen LogP contribution in [0.3, 0.4) is 0 Å². The Morgan fingerprint density at radius 3 is 2.41 bits per heavy atom. The highest BCUT2D eigenvalue weighted by molar-refractivity contribution is 7.21. The second-order valence-corrected chi connectivity index (χ2v) is 10.5. The number of anilines is 1. The zero-order valence-electron chi connectivity index (χ0n) is 22.3. The Balaban J connectivity index is 1.52. The Hall–Kier alpha value is -4.72. The van der Waals surface area contributed by atoms with Crippen molar-refractivity contribution in [3.8, 4) is 16.9 Å². The fourth-order valence-corrected chi connectivity index (χ4v) is 5.41. The lowest BCUT2D eigenvalue weighted by Gasteiger charge is -2.12. The molecule has 0 unspecified atom stereocenters. The van der Waals surface area contributed by atoms with E-state index in [0.29, 0.717) is 28.3 Å². The van der Waals surface area contributed by atoms with Crippen molar-refractivity contribution < 1.29 is 27.5 Å². The summed E-state index contributed by atoms with van der Waals surface area (Å²) in [7, 11) is 1.65. The Morgan fingerprint density at radius 1 is 1.10 bits per heavy atom. The number of fused-ring (bicyclic) bond motifs is 1. The van der Waals surface area contributed by atoms with Crippen molar-refractivity contribution in [2.45, 2.75) is 33.7 Å². The number of rotatable bonds is 7. The lowest BCUT2D eigenvalue weighted by molar-refractivity contribution is -0.140. The monoisotopic (exact) mass is 583 g/mol. The predicted molar refractivity (Wildman–Crippen MR) is 147 cm³/mol. The van der Waals surface area contributed by atoms with Gasteiger partial charge in [0.05, 0.1) is 11.9 Å². The number of thiophene rings is 1. The van der Waals surface area contributed by atoms with Crippen LogP contribution in [0.5, 0.6) is 5.75 Å². The largest absolute Gasteiger partial charge is 0.471 e. The number of amides is 2. The maximum atomic E-state index is 13.8. The van der Waals surface area contributed by atoms with E-state index in [1.807, 2.05) is 32.0 Å². The molecule has 3 N–H and O–H groups in total. The van der Waals surface area contributed by atoms with Gasteiger partial charge >= 0.3 is 6.18 Å². The van der Waals surface area contributed by atoms with Crippen LogP contribution in [-0.2, 0) is 20.0 Å². The smallest absolute Gasteiger partial charge is 0.433 e. The van der Waals surface area contributed by atoms with Gasteiger partial charge in [0.25, 0.3) is 11.8 Å². The second-order valence-electron chi connectivity index (χ2n) is 9.46. The molecule has 0 atom stereocenters. The minimum absolute atomic E-state index is 0.0113. The zero-order chi connectivity index (χ0) is 29.6. The summed E-state index contributed by atoms with van der Waals surface area (Å²) in [6.45, 7) is 5.61. The van der Waals surface area contributed by atoms with E-state index in [4.69, 9.17) is 10.5 Å². The summed E-state index contributed by atoms with van der Waals surface area (Å²) in [5.74, 6) is -0.993. The van der Waals surface area contributed by atoms with Gasteiger partial charge in [0, 0.05) is 29.9 Å². The van der Waals surface area contributed by atoms with E-state index >= 15 is 0 Å². The second kappa shape index (κ2) is 10.4. The average molecular weight is 584 g/mol. The third-order valence-corrected chi connectivity index (χ3v) is 7.47. The number of hydrogen-bond donors (Lipinski definition) is 2. The van der Waals surface area contributed by atoms with Crippen LogP contribution in [0.2, 0.25) is 0 Å². The first kappa shape index (κ1) is 27.8. The number of nitrogens with zero attached hydrogens (tertiary/aromatic N) is 5. The zero-order valence-corrected chi connectivity index (χ0v) is 23.1. The lowest BCUT2D eigenvalue weighted by Crippen LogP contribution is -2.18. The molecule has 5 aromatic rings. The summed E-state index contributed by atoms with van der Waals surface area (Å²) in [5.41, 5.74) is 7.47. The number of benzene rings is 1. The first-order valence-electron chi connectivity index (χ1n) is 12.2. The van der Waals surface area contributed by atoms with Crippen molar-refractivity contribution in [3.63, 3.8) is 0 Å². The Morgan fingerprint density at radius 2 is 1.80 bits per heavy atom. The maximum Gasteiger partial charge on any atom is 0.433 e. The molecule has 4 aromatic heterocycles. The molecule has 41 heavy (non-hydrogen) atoms. The van der Waals surface area contributed by atoms with Crippen LogP contribution in [0.1, 0.15) is 42.7 Å². The fourth-order valence-electron chi connectivity index (χ4n) is 4.40. The molecular formula is C27H24F3N7O3S. The normalized spacial score (nSPS) is 11.7. The molecule has 0 aliphatic carbocycles. The summed E-state index contributed by atoms with van der Waals surface area (Å²) in [6.07, 6.45) is -1.81. The van der Waals surface area contributed by atoms with Crippen LogP contribution in [0.25, 0.3) is 21.3 Å². The van der Waals surface area contributed by atoms with E-state index in [-0.39, 0.29) is 38.8 Å². The molecule has 0 saturated heterocycles. The molecule has 2 amide bonds. The molecule has 0 bridgehead atoms. The summed E-state index contributed by atoms with van der Waals surface area (Å²) in [4.78, 5) is 29.1. The van der Waals surface area contributed by atoms with Crippen LogP contribution in [0.4, 0.5) is 18.9 Å². The first-order chi connectivity index (χ1) is 19.3. The van der Waals surface area contributed by atoms with Crippen LogP contribution < -0.4 is 15.8 Å². The van der Waals surface area contributed by atoms with Crippen LogP contribution >= 0.6 is 11.3 Å². The van der Waals surface area contributed by atoms with Gasteiger partial charge in [-0.25, -0.2) is 9.67 Å². The SMILES string of the molecule is Cc1cc(C)cc(OCn2ccc(C(=O)Nc3c(C(N)=O)sc4nc(C(F)(F)F)cc(-c5cnn(C)c5C)c34)n2)c1. The van der Waals surface area contributed by atoms with Gasteiger partial charge in [-0.3, -0.25) is 14.3 Å². The van der Waals surface area contributed by atoms with Crippen molar-refractivity contribution in [2.24, 2.45) is 12.8 Å². The van der Waals surface area contributed by atoms with Crippen molar-refractivity contribution in [1.29, 1.82) is 0 Å². The molecule has 0 saturated carbocycles. The number of aromatic nitrogens is 5. The van der Waals surface area contributed by atoms with Gasteiger partial charge in [0.1, 0.15) is 21.2 Å². The number of primary amides is 1. The van der Waals surface area contributed by atoms with Gasteiger partial charge in [0.15, 0.2) is 12.4 Å². The highest BCUT2D eigenvalue weighted by Crippen LogP contribution is 2.44. The fraction of sp³-hybridized carbons (Fsp3) is 0.222. The Bertz CT molecular complexity index is 1800. The number of pyridine rings is 1. The van der Waals surface area contributed by atoms with Gasteiger partial charge < -0.3 is 15.8 Å². The predicted octanol–water partition coefficient (Wildman–Crippen LogP) is 5.23. The van der Waals surface area contributed by atoms with Gasteiger partial charge in [-0.2, -0.15) is 23.4 Å².